The summed E-state index contributed by atoms with van der Waals surface area (Å²) in [6, 6.07) is 0. The Kier molecular flexibility index (Phi) is 4.94. The highest BCUT2D eigenvalue weighted by Crippen LogP contribution is 2.28. The average molecular weight is 340 g/mol. The highest BCUT2D eigenvalue weighted by atomic mass is 19.4. The molecule has 8 nitrogen and oxygen atoms in total. The minimum Gasteiger partial charge on any atom is -0.394 e. The van der Waals surface area contributed by atoms with E-state index < -0.39 is 61.4 Å². The highest BCUT2D eigenvalue weighted by molar-refractivity contribution is 5.06. The standard InChI is InChI=1S/C12H15F3N2O6/c13-12(14,15)2-1-5-3-17(11(22)16-9(5)21)10-8(20)7(19)6(4-18)23-10/h3,6-8,10,18-20H,1-2,4H2,(H,16,21,22). The Bertz CT molecular complexity index is 670. The first-order chi connectivity index (χ1) is 10.6. The zero-order valence-corrected chi connectivity index (χ0v) is 11.7. The van der Waals surface area contributed by atoms with Crippen LogP contribution in [0.5, 0.6) is 0 Å². The van der Waals surface area contributed by atoms with E-state index in [9.17, 15) is 33.0 Å². The molecule has 0 saturated carbocycles. The number of aliphatic hydroxyl groups excluding tert-OH is 3. The summed E-state index contributed by atoms with van der Waals surface area (Å²) in [7, 11) is 0. The van der Waals surface area contributed by atoms with Gasteiger partial charge >= 0.3 is 11.9 Å². The molecule has 2 heterocycles. The lowest BCUT2D eigenvalue weighted by Gasteiger charge is -2.18. The highest BCUT2D eigenvalue weighted by Gasteiger charge is 2.43. The summed E-state index contributed by atoms with van der Waals surface area (Å²) in [6.07, 6.45) is -11.2. The predicted molar refractivity (Wildman–Crippen MR) is 68.7 cm³/mol. The fourth-order valence-corrected chi connectivity index (χ4v) is 2.28. The van der Waals surface area contributed by atoms with Gasteiger partial charge in [0.2, 0.25) is 0 Å². The number of aromatic nitrogens is 2. The monoisotopic (exact) mass is 340 g/mol. The second-order valence-corrected chi connectivity index (χ2v) is 5.16. The number of rotatable bonds is 4. The van der Waals surface area contributed by atoms with Crippen LogP contribution in [0.25, 0.3) is 0 Å². The van der Waals surface area contributed by atoms with E-state index in [4.69, 9.17) is 9.84 Å². The number of H-pyrrole nitrogens is 1. The Morgan fingerprint density at radius 2 is 1.91 bits per heavy atom. The van der Waals surface area contributed by atoms with Crippen LogP contribution in [0.2, 0.25) is 0 Å². The fourth-order valence-electron chi connectivity index (χ4n) is 2.28. The molecule has 23 heavy (non-hydrogen) atoms. The molecule has 2 rings (SSSR count). The van der Waals surface area contributed by atoms with Crippen molar-refractivity contribution in [2.45, 2.75) is 43.6 Å². The van der Waals surface area contributed by atoms with Crippen molar-refractivity contribution in [2.75, 3.05) is 6.61 Å². The smallest absolute Gasteiger partial charge is 0.389 e. The van der Waals surface area contributed by atoms with Gasteiger partial charge in [-0.05, 0) is 6.42 Å². The van der Waals surface area contributed by atoms with Gasteiger partial charge in [-0.3, -0.25) is 14.3 Å². The van der Waals surface area contributed by atoms with Crippen molar-refractivity contribution in [1.82, 2.24) is 9.55 Å². The first-order valence-corrected chi connectivity index (χ1v) is 6.67. The summed E-state index contributed by atoms with van der Waals surface area (Å²) >= 11 is 0. The van der Waals surface area contributed by atoms with E-state index >= 15 is 0 Å². The van der Waals surface area contributed by atoms with Gasteiger partial charge in [-0.15, -0.1) is 0 Å². The molecule has 1 aliphatic heterocycles. The molecule has 0 aromatic carbocycles. The third kappa shape index (κ3) is 3.80. The molecule has 1 fully saturated rings. The maximum atomic E-state index is 12.3. The molecule has 1 aromatic heterocycles. The molecular weight excluding hydrogens is 325 g/mol. The van der Waals surface area contributed by atoms with Crippen LogP contribution in [0.1, 0.15) is 18.2 Å². The SMILES string of the molecule is O=c1[nH]c(=O)n(C2OC(CO)C(O)C2O)cc1CCC(F)(F)F. The van der Waals surface area contributed by atoms with Crippen LogP contribution in [-0.2, 0) is 11.2 Å². The van der Waals surface area contributed by atoms with Crippen molar-refractivity contribution in [3.05, 3.63) is 32.6 Å². The number of aryl methyl sites for hydroxylation is 1. The van der Waals surface area contributed by atoms with Crippen molar-refractivity contribution in [3.8, 4) is 0 Å². The van der Waals surface area contributed by atoms with Crippen LogP contribution >= 0.6 is 0 Å². The first-order valence-electron chi connectivity index (χ1n) is 6.67. The van der Waals surface area contributed by atoms with E-state index in [1.165, 1.54) is 0 Å². The number of nitrogens with one attached hydrogen (secondary N) is 1. The topological polar surface area (TPSA) is 125 Å². The minimum atomic E-state index is -4.48. The Labute approximate surface area is 126 Å². The van der Waals surface area contributed by atoms with Gasteiger partial charge < -0.3 is 20.1 Å². The van der Waals surface area contributed by atoms with Gasteiger partial charge in [0.1, 0.15) is 18.3 Å². The largest absolute Gasteiger partial charge is 0.394 e. The van der Waals surface area contributed by atoms with Crippen LogP contribution in [0, 0.1) is 0 Å². The summed E-state index contributed by atoms with van der Waals surface area (Å²) in [5.41, 5.74) is -2.30. The molecule has 11 heteroatoms. The molecule has 1 aromatic rings. The summed E-state index contributed by atoms with van der Waals surface area (Å²) in [4.78, 5) is 25.2. The predicted octanol–water partition coefficient (Wildman–Crippen LogP) is -1.36. The number of halogens is 3. The number of hydrogen-bond donors (Lipinski definition) is 4. The van der Waals surface area contributed by atoms with Gasteiger partial charge in [0.15, 0.2) is 6.23 Å². The molecule has 0 spiro atoms. The summed E-state index contributed by atoms with van der Waals surface area (Å²) in [6.45, 7) is -0.631. The number of ether oxygens (including phenoxy) is 1. The van der Waals surface area contributed by atoms with E-state index in [2.05, 4.69) is 0 Å². The van der Waals surface area contributed by atoms with Gasteiger partial charge in [0.25, 0.3) is 5.56 Å². The van der Waals surface area contributed by atoms with Gasteiger partial charge in [-0.2, -0.15) is 13.2 Å². The molecule has 4 unspecified atom stereocenters. The van der Waals surface area contributed by atoms with Crippen LogP contribution in [-0.4, -0.2) is 56.0 Å². The lowest BCUT2D eigenvalue weighted by atomic mass is 10.1. The summed E-state index contributed by atoms with van der Waals surface area (Å²) in [5.74, 6) is 0. The third-order valence-electron chi connectivity index (χ3n) is 3.51. The third-order valence-corrected chi connectivity index (χ3v) is 3.51. The van der Waals surface area contributed by atoms with Gasteiger partial charge in [-0.1, -0.05) is 0 Å². The normalized spacial score (nSPS) is 28.3. The maximum Gasteiger partial charge on any atom is 0.389 e. The van der Waals surface area contributed by atoms with Crippen LogP contribution < -0.4 is 11.2 Å². The van der Waals surface area contributed by atoms with Crippen LogP contribution in [0.15, 0.2) is 15.8 Å². The van der Waals surface area contributed by atoms with E-state index in [-0.39, 0.29) is 5.56 Å². The molecule has 0 aliphatic carbocycles. The van der Waals surface area contributed by atoms with Gasteiger partial charge in [0.05, 0.1) is 6.61 Å². The van der Waals surface area contributed by atoms with E-state index in [1.54, 1.807) is 0 Å². The van der Waals surface area contributed by atoms with E-state index in [1.807, 2.05) is 4.98 Å². The Balaban J connectivity index is 2.33. The summed E-state index contributed by atoms with van der Waals surface area (Å²) < 4.78 is 42.6. The lowest BCUT2D eigenvalue weighted by molar-refractivity contribution is -0.134. The van der Waals surface area contributed by atoms with E-state index in [0.29, 0.717) is 4.57 Å². The average Bonchev–Trinajstić information content (AvgIpc) is 2.73. The molecule has 1 aliphatic rings. The zero-order valence-electron chi connectivity index (χ0n) is 11.7. The maximum absolute atomic E-state index is 12.3. The van der Waals surface area contributed by atoms with Crippen molar-refractivity contribution >= 4 is 0 Å². The van der Waals surface area contributed by atoms with Crippen LogP contribution in [0.3, 0.4) is 0 Å². The number of alkyl halides is 3. The van der Waals surface area contributed by atoms with Crippen LogP contribution in [0.4, 0.5) is 13.2 Å². The molecular formula is C12H15F3N2O6. The van der Waals surface area contributed by atoms with Crippen molar-refractivity contribution < 1.29 is 33.2 Å². The second kappa shape index (κ2) is 6.43. The van der Waals surface area contributed by atoms with Crippen molar-refractivity contribution in [3.63, 3.8) is 0 Å². The number of nitrogens with zero attached hydrogens (tertiary/aromatic N) is 1. The lowest BCUT2D eigenvalue weighted by Crippen LogP contribution is -2.39. The van der Waals surface area contributed by atoms with Crippen molar-refractivity contribution in [1.29, 1.82) is 0 Å². The molecule has 4 atom stereocenters. The minimum absolute atomic E-state index is 0.320. The Morgan fingerprint density at radius 1 is 1.26 bits per heavy atom. The molecule has 0 amide bonds. The second-order valence-electron chi connectivity index (χ2n) is 5.16. The number of aliphatic hydroxyl groups is 3. The molecule has 0 radical (unpaired) electrons. The van der Waals surface area contributed by atoms with Gasteiger partial charge in [-0.25, -0.2) is 4.79 Å². The fraction of sp³-hybridized carbons (Fsp3) is 0.667. The molecule has 1 saturated heterocycles. The molecule has 4 N–H and O–H groups in total. The van der Waals surface area contributed by atoms with Crippen molar-refractivity contribution in [2.24, 2.45) is 0 Å². The number of hydrogen-bond acceptors (Lipinski definition) is 6. The first kappa shape index (κ1) is 17.7. The molecule has 0 bridgehead atoms. The quantitative estimate of drug-likeness (QED) is 0.537. The Morgan fingerprint density at radius 3 is 2.43 bits per heavy atom. The Hall–Kier alpha value is -1.69. The van der Waals surface area contributed by atoms with E-state index in [0.717, 1.165) is 6.20 Å². The number of aromatic amines is 1. The van der Waals surface area contributed by atoms with Gasteiger partial charge in [0, 0.05) is 18.2 Å². The molecule has 130 valence electrons. The summed E-state index contributed by atoms with van der Waals surface area (Å²) in [5, 5.41) is 28.5. The zero-order chi connectivity index (χ0) is 17.4.